The zero-order valence-corrected chi connectivity index (χ0v) is 21.1. The Morgan fingerprint density at radius 1 is 1.18 bits per heavy atom. The van der Waals surface area contributed by atoms with Crippen LogP contribution in [0.3, 0.4) is 0 Å². The van der Waals surface area contributed by atoms with Gasteiger partial charge in [-0.2, -0.15) is 0 Å². The van der Waals surface area contributed by atoms with Gasteiger partial charge in [0.05, 0.1) is 32.5 Å². The number of benzene rings is 1. The Balaban J connectivity index is 0.00000364. The van der Waals surface area contributed by atoms with Gasteiger partial charge in [-0.15, -0.1) is 52.9 Å². The van der Waals surface area contributed by atoms with Gasteiger partial charge in [0.25, 0.3) is 0 Å². The molecule has 154 valence electrons. The lowest BCUT2D eigenvalue weighted by atomic mass is 10.1. The van der Waals surface area contributed by atoms with Crippen LogP contribution in [0.4, 0.5) is 0 Å². The van der Waals surface area contributed by atoms with Crippen LogP contribution in [-0.2, 0) is 6.54 Å². The summed E-state index contributed by atoms with van der Waals surface area (Å²) in [5.74, 6) is -0.237. The molecule has 0 saturated heterocycles. The lowest BCUT2D eigenvalue weighted by Crippen LogP contribution is -2.39. The standard InChI is InChI=1S/C20H26N4O2.2HI/c1-23-15-18(10-11-19(23)14-22-26)20(25)21-12-7-13-24(2,3)16-17-8-5-4-6-9-17;;/h4-6,8-11,14-15H,7,12-13,16H2,1-3H3;2*1H. The van der Waals surface area contributed by atoms with Crippen molar-refractivity contribution < 1.29 is 9.59 Å². The molecular weight excluding hydrogens is 582 g/mol. The van der Waals surface area contributed by atoms with Crippen LogP contribution < -0.4 is 5.11 Å². The molecule has 2 rings (SSSR count). The van der Waals surface area contributed by atoms with Crippen LogP contribution in [0, 0.1) is 4.91 Å². The summed E-state index contributed by atoms with van der Waals surface area (Å²) >= 11 is 0. The first-order valence-electron chi connectivity index (χ1n) is 8.64. The highest BCUT2D eigenvalue weighted by Gasteiger charge is 2.15. The van der Waals surface area contributed by atoms with Gasteiger partial charge in [0.15, 0.2) is 0 Å². The summed E-state index contributed by atoms with van der Waals surface area (Å²) in [6.07, 6.45) is 7.07. The largest absolute Gasteiger partial charge is 0.858 e. The molecule has 8 heteroatoms. The van der Waals surface area contributed by atoms with Gasteiger partial charge in [0.2, 0.25) is 0 Å². The Bertz CT molecular complexity index is 744. The zero-order valence-electron chi connectivity index (χ0n) is 16.4. The van der Waals surface area contributed by atoms with E-state index in [4.69, 9.17) is 0 Å². The number of hydrogen-bond donors (Lipinski definition) is 0. The number of likely N-dealkylation sites (N-methyl/N-ethyl adjacent to an activating group) is 1. The van der Waals surface area contributed by atoms with Crippen molar-refractivity contribution in [3.63, 3.8) is 0 Å². The summed E-state index contributed by atoms with van der Waals surface area (Å²) in [6, 6.07) is 10.4. The molecule has 0 atom stereocenters. The van der Waals surface area contributed by atoms with Crippen molar-refractivity contribution in [1.29, 1.82) is 0 Å². The summed E-state index contributed by atoms with van der Waals surface area (Å²) in [5, 5.41) is 15.0. The van der Waals surface area contributed by atoms with Crippen molar-refractivity contribution in [2.45, 2.75) is 13.0 Å². The summed E-state index contributed by atoms with van der Waals surface area (Å²) in [7, 11) is 6.13. The predicted octanol–water partition coefficient (Wildman–Crippen LogP) is 3.64. The maximum Gasteiger partial charge on any atom is 0.104 e. The van der Waals surface area contributed by atoms with Crippen LogP contribution in [0.2, 0.25) is 0 Å². The number of nitrogens with zero attached hydrogens (tertiary/aromatic N) is 4. The second-order valence-corrected chi connectivity index (χ2v) is 7.03. The lowest BCUT2D eigenvalue weighted by molar-refractivity contribution is -0.903. The molecule has 0 bridgehead atoms. The van der Waals surface area contributed by atoms with Gasteiger partial charge < -0.3 is 19.5 Å². The van der Waals surface area contributed by atoms with E-state index >= 15 is 0 Å². The topological polar surface area (TPSA) is 68.1 Å². The fourth-order valence-corrected chi connectivity index (χ4v) is 2.86. The fraction of sp³-hybridized carbons (Fsp3) is 0.350. The minimum absolute atomic E-state index is 0. The molecule has 1 heterocycles. The SMILES string of the molecule is CN1C=C(C([O-])=NCCC[N+](C)(C)Cc2ccccc2)C=CC1=CN=O.I.I. The van der Waals surface area contributed by atoms with Crippen molar-refractivity contribution in [3.8, 4) is 0 Å². The van der Waals surface area contributed by atoms with Gasteiger partial charge in [0.1, 0.15) is 6.54 Å². The Morgan fingerprint density at radius 3 is 2.46 bits per heavy atom. The van der Waals surface area contributed by atoms with Gasteiger partial charge in [-0.25, -0.2) is 0 Å². The molecule has 28 heavy (non-hydrogen) atoms. The number of allylic oxidation sites excluding steroid dienone is 1. The average molecular weight is 610 g/mol. The maximum absolute atomic E-state index is 12.2. The van der Waals surface area contributed by atoms with E-state index in [2.05, 4.69) is 48.5 Å². The molecule has 0 saturated carbocycles. The van der Waals surface area contributed by atoms with Crippen molar-refractivity contribution in [3.05, 3.63) is 76.6 Å². The fourth-order valence-electron chi connectivity index (χ4n) is 2.86. The molecule has 1 aliphatic rings. The van der Waals surface area contributed by atoms with Crippen molar-refractivity contribution in [1.82, 2.24) is 4.90 Å². The Morgan fingerprint density at radius 2 is 1.86 bits per heavy atom. The highest BCUT2D eigenvalue weighted by molar-refractivity contribution is 14.0. The van der Waals surface area contributed by atoms with Crippen molar-refractivity contribution in [2.75, 3.05) is 34.2 Å². The monoisotopic (exact) mass is 610 g/mol. The quantitative estimate of drug-likeness (QED) is 0.113. The molecule has 0 amide bonds. The van der Waals surface area contributed by atoms with Crippen LogP contribution in [0.1, 0.15) is 12.0 Å². The first-order valence-corrected chi connectivity index (χ1v) is 8.64. The molecule has 0 aromatic heterocycles. The van der Waals surface area contributed by atoms with E-state index < -0.39 is 0 Å². The highest BCUT2D eigenvalue weighted by Crippen LogP contribution is 2.15. The van der Waals surface area contributed by atoms with Gasteiger partial charge in [0, 0.05) is 37.3 Å². The molecule has 1 aromatic carbocycles. The third-order valence-corrected chi connectivity index (χ3v) is 4.24. The number of nitroso groups, excluding NO2 is 1. The summed E-state index contributed by atoms with van der Waals surface area (Å²) < 4.78 is 0.853. The van der Waals surface area contributed by atoms with E-state index in [1.807, 2.05) is 6.07 Å². The smallest absolute Gasteiger partial charge is 0.104 e. The molecule has 6 nitrogen and oxygen atoms in total. The molecule has 0 spiro atoms. The molecule has 1 aliphatic heterocycles. The maximum atomic E-state index is 12.2. The van der Waals surface area contributed by atoms with Crippen LogP contribution in [-0.4, -0.2) is 49.5 Å². The normalized spacial score (nSPS) is 15.5. The predicted molar refractivity (Wildman–Crippen MR) is 134 cm³/mol. The van der Waals surface area contributed by atoms with Crippen LogP contribution >= 0.6 is 48.0 Å². The van der Waals surface area contributed by atoms with E-state index in [1.54, 1.807) is 30.3 Å². The second-order valence-electron chi connectivity index (χ2n) is 7.03. The summed E-state index contributed by atoms with van der Waals surface area (Å²) in [6.45, 7) is 2.40. The Labute approximate surface area is 201 Å². The summed E-state index contributed by atoms with van der Waals surface area (Å²) in [4.78, 5) is 16.2. The van der Waals surface area contributed by atoms with Crippen molar-refractivity contribution >= 4 is 53.9 Å². The van der Waals surface area contributed by atoms with Crippen molar-refractivity contribution in [2.24, 2.45) is 10.2 Å². The van der Waals surface area contributed by atoms with E-state index in [0.29, 0.717) is 17.8 Å². The molecule has 1 aromatic rings. The van der Waals surface area contributed by atoms with E-state index in [9.17, 15) is 10.0 Å². The third-order valence-electron chi connectivity index (χ3n) is 4.24. The van der Waals surface area contributed by atoms with Gasteiger partial charge in [-0.1, -0.05) is 36.4 Å². The lowest BCUT2D eigenvalue weighted by Gasteiger charge is -2.30. The number of halogens is 2. The minimum Gasteiger partial charge on any atom is -0.858 e. The highest BCUT2D eigenvalue weighted by atomic mass is 127. The zero-order chi connectivity index (χ0) is 19.0. The molecule has 0 radical (unpaired) electrons. The van der Waals surface area contributed by atoms with E-state index in [0.717, 1.165) is 24.0 Å². The Kier molecular flexibility index (Phi) is 12.5. The van der Waals surface area contributed by atoms with Crippen LogP contribution in [0.15, 0.2) is 76.3 Å². The number of rotatable bonds is 8. The van der Waals surface area contributed by atoms with Crippen LogP contribution in [0.5, 0.6) is 0 Å². The molecule has 0 aliphatic carbocycles. The Hall–Kier alpha value is -1.27. The van der Waals surface area contributed by atoms with Gasteiger partial charge >= 0.3 is 0 Å². The molecule has 0 N–H and O–H groups in total. The number of aliphatic imine (C=N–C) groups is 1. The van der Waals surface area contributed by atoms with E-state index in [-0.39, 0.29) is 53.9 Å². The first kappa shape index (κ1) is 26.7. The second kappa shape index (κ2) is 13.0. The van der Waals surface area contributed by atoms with Crippen LogP contribution in [0.25, 0.3) is 0 Å². The number of quaternary nitrogens is 1. The third kappa shape index (κ3) is 8.82. The molecular formula is C20H28I2N4O2. The number of hydrogen-bond acceptors (Lipinski definition) is 5. The van der Waals surface area contributed by atoms with Gasteiger partial charge in [-0.3, -0.25) is 0 Å². The molecule has 0 unspecified atom stereocenters. The molecule has 0 fully saturated rings. The van der Waals surface area contributed by atoms with E-state index in [1.165, 1.54) is 11.8 Å². The minimum atomic E-state index is -0.237. The average Bonchev–Trinajstić information content (AvgIpc) is 2.61. The summed E-state index contributed by atoms with van der Waals surface area (Å²) in [5.41, 5.74) is 2.45. The first-order chi connectivity index (χ1) is 12.4. The van der Waals surface area contributed by atoms with Gasteiger partial charge in [-0.05, 0) is 17.2 Å².